The third-order valence-electron chi connectivity index (χ3n) is 4.71. The lowest BCUT2D eigenvalue weighted by molar-refractivity contribution is -0.114. The molecule has 3 heterocycles. The van der Waals surface area contributed by atoms with Crippen LogP contribution in [0, 0.1) is 0 Å². The summed E-state index contributed by atoms with van der Waals surface area (Å²) in [4.78, 5) is 20.5. The molecule has 152 valence electrons. The van der Waals surface area contributed by atoms with Crippen molar-refractivity contribution in [2.24, 2.45) is 0 Å². The number of hydrogen-bond acceptors (Lipinski definition) is 7. The summed E-state index contributed by atoms with van der Waals surface area (Å²) in [5.41, 5.74) is 3.70. The Kier molecular flexibility index (Phi) is 5.30. The number of anilines is 3. The Balaban J connectivity index is 1.57. The van der Waals surface area contributed by atoms with Crippen LogP contribution in [0.2, 0.25) is 0 Å². The minimum atomic E-state index is -0.0872. The first kappa shape index (κ1) is 19.1. The van der Waals surface area contributed by atoms with Gasteiger partial charge >= 0.3 is 0 Å². The van der Waals surface area contributed by atoms with E-state index in [-0.39, 0.29) is 11.9 Å². The van der Waals surface area contributed by atoms with Crippen molar-refractivity contribution in [3.8, 4) is 0 Å². The highest BCUT2D eigenvalue weighted by Gasteiger charge is 2.21. The predicted octanol–water partition coefficient (Wildman–Crippen LogP) is 2.63. The maximum Gasteiger partial charge on any atom is 0.229 e. The highest BCUT2D eigenvalue weighted by molar-refractivity contribution is 5.88. The van der Waals surface area contributed by atoms with E-state index in [0.717, 1.165) is 22.5 Å². The number of carbonyl (C=O) groups excluding carboxylic acids is 1. The Labute approximate surface area is 168 Å². The maximum atomic E-state index is 11.2. The van der Waals surface area contributed by atoms with E-state index in [2.05, 4.69) is 44.9 Å². The minimum absolute atomic E-state index is 0.0872. The molecule has 0 saturated carbocycles. The maximum absolute atomic E-state index is 11.2. The van der Waals surface area contributed by atoms with Crippen LogP contribution in [0.25, 0.3) is 5.65 Å². The molecule has 4 rings (SSSR count). The molecule has 0 unspecified atom stereocenters. The predicted molar refractivity (Wildman–Crippen MR) is 111 cm³/mol. The van der Waals surface area contributed by atoms with Gasteiger partial charge in [-0.3, -0.25) is 4.79 Å². The number of benzene rings is 1. The van der Waals surface area contributed by atoms with Crippen molar-refractivity contribution in [2.75, 3.05) is 29.2 Å². The lowest BCUT2D eigenvalue weighted by atomic mass is 10.1. The molecular formula is C20H25N7O2. The van der Waals surface area contributed by atoms with E-state index in [1.807, 2.05) is 30.5 Å². The first-order valence-electron chi connectivity index (χ1n) is 9.70. The number of ether oxygens (including phenoxy) is 1. The summed E-state index contributed by atoms with van der Waals surface area (Å²) >= 11 is 0. The van der Waals surface area contributed by atoms with E-state index in [4.69, 9.17) is 4.74 Å². The van der Waals surface area contributed by atoms with Crippen molar-refractivity contribution in [3.05, 3.63) is 41.6 Å². The van der Waals surface area contributed by atoms with Crippen molar-refractivity contribution < 1.29 is 9.53 Å². The number of nitrogens with zero attached hydrogens (tertiary/aromatic N) is 4. The zero-order chi connectivity index (χ0) is 20.4. The minimum Gasteiger partial charge on any atom is -0.377 e. The van der Waals surface area contributed by atoms with Crippen LogP contribution in [0.15, 0.2) is 30.5 Å². The van der Waals surface area contributed by atoms with Crippen LogP contribution in [0.5, 0.6) is 0 Å². The lowest BCUT2D eigenvalue weighted by Gasteiger charge is -2.26. The zero-order valence-electron chi connectivity index (χ0n) is 16.8. The Morgan fingerprint density at radius 1 is 1.24 bits per heavy atom. The second-order valence-electron chi connectivity index (χ2n) is 7.47. The summed E-state index contributed by atoms with van der Waals surface area (Å²) in [6.45, 7) is 7.62. The van der Waals surface area contributed by atoms with Gasteiger partial charge in [-0.1, -0.05) is 26.0 Å². The molecule has 1 aliphatic rings. The van der Waals surface area contributed by atoms with Crippen molar-refractivity contribution in [1.29, 1.82) is 0 Å². The molecule has 1 saturated heterocycles. The van der Waals surface area contributed by atoms with Crippen molar-refractivity contribution in [3.63, 3.8) is 0 Å². The number of rotatable bonds is 7. The molecule has 1 aliphatic heterocycles. The summed E-state index contributed by atoms with van der Waals surface area (Å²) in [6, 6.07) is 7.91. The zero-order valence-corrected chi connectivity index (χ0v) is 16.8. The molecule has 1 amide bonds. The fourth-order valence-electron chi connectivity index (χ4n) is 3.07. The fraction of sp³-hybridized carbons (Fsp3) is 0.400. The van der Waals surface area contributed by atoms with E-state index >= 15 is 0 Å². The summed E-state index contributed by atoms with van der Waals surface area (Å²) in [6.07, 6.45) is 1.85. The molecule has 2 aromatic heterocycles. The molecule has 1 aromatic carbocycles. The third-order valence-corrected chi connectivity index (χ3v) is 4.71. The number of amides is 1. The molecule has 0 bridgehead atoms. The second-order valence-corrected chi connectivity index (χ2v) is 7.47. The van der Waals surface area contributed by atoms with Crippen molar-refractivity contribution in [1.82, 2.24) is 19.6 Å². The molecule has 1 fully saturated rings. The van der Waals surface area contributed by atoms with Gasteiger partial charge in [0, 0.05) is 24.7 Å². The van der Waals surface area contributed by atoms with Crippen LogP contribution >= 0.6 is 0 Å². The first-order valence-corrected chi connectivity index (χ1v) is 9.70. The topological polar surface area (TPSA) is 105 Å². The molecule has 29 heavy (non-hydrogen) atoms. The molecule has 0 atom stereocenters. The van der Waals surface area contributed by atoms with E-state index in [9.17, 15) is 4.79 Å². The summed E-state index contributed by atoms with van der Waals surface area (Å²) in [5.74, 6) is 1.40. The van der Waals surface area contributed by atoms with E-state index in [1.54, 1.807) is 4.52 Å². The number of carbonyl (C=O) groups is 1. The van der Waals surface area contributed by atoms with E-state index in [1.165, 1.54) is 6.92 Å². The van der Waals surface area contributed by atoms with Crippen LogP contribution in [0.4, 0.5) is 17.6 Å². The summed E-state index contributed by atoms with van der Waals surface area (Å²) in [5, 5.41) is 13.9. The Morgan fingerprint density at radius 2 is 2.00 bits per heavy atom. The van der Waals surface area contributed by atoms with E-state index in [0.29, 0.717) is 37.6 Å². The molecule has 9 heteroatoms. The molecule has 9 nitrogen and oxygen atoms in total. The molecule has 0 spiro atoms. The number of nitrogens with one attached hydrogen (secondary N) is 3. The summed E-state index contributed by atoms with van der Waals surface area (Å²) in [7, 11) is 0. The molecule has 3 N–H and O–H groups in total. The number of fused-ring (bicyclic) bond motifs is 1. The first-order chi connectivity index (χ1) is 14.0. The molecule has 0 radical (unpaired) electrons. The summed E-state index contributed by atoms with van der Waals surface area (Å²) < 4.78 is 6.97. The van der Waals surface area contributed by atoms with Crippen LogP contribution in [-0.2, 0) is 16.1 Å². The Hall–Kier alpha value is -3.20. The van der Waals surface area contributed by atoms with Crippen molar-refractivity contribution in [2.45, 2.75) is 39.3 Å². The van der Waals surface area contributed by atoms with Crippen LogP contribution < -0.4 is 16.0 Å². The number of hydrogen-bond donors (Lipinski definition) is 3. The molecule has 0 aliphatic carbocycles. The van der Waals surface area contributed by atoms with Crippen LogP contribution in [-0.4, -0.2) is 44.7 Å². The van der Waals surface area contributed by atoms with Gasteiger partial charge in [0.15, 0.2) is 5.65 Å². The van der Waals surface area contributed by atoms with Gasteiger partial charge in [-0.2, -0.15) is 19.6 Å². The standard InChI is InChI=1S/C20H25N7O2/c1-12(2)17-9-22-27-18(17)25-19(24-16-10-29-11-16)26-20(27)21-8-14-4-6-15(7-5-14)23-13(3)28/h4-7,9,12,16H,8,10-11H2,1-3H3,(H,23,28)(H2,21,24,25,26). The molecular weight excluding hydrogens is 370 g/mol. The Morgan fingerprint density at radius 3 is 2.62 bits per heavy atom. The van der Waals surface area contributed by atoms with Gasteiger partial charge in [-0.15, -0.1) is 0 Å². The number of aromatic nitrogens is 4. The van der Waals surface area contributed by atoms with Crippen LogP contribution in [0.1, 0.15) is 37.8 Å². The van der Waals surface area contributed by atoms with Gasteiger partial charge in [-0.05, 0) is 23.6 Å². The molecule has 3 aromatic rings. The van der Waals surface area contributed by atoms with Gasteiger partial charge in [0.1, 0.15) is 0 Å². The Bertz CT molecular complexity index is 1010. The van der Waals surface area contributed by atoms with Gasteiger partial charge in [0.25, 0.3) is 0 Å². The smallest absolute Gasteiger partial charge is 0.229 e. The average molecular weight is 395 g/mol. The largest absolute Gasteiger partial charge is 0.377 e. The van der Waals surface area contributed by atoms with E-state index < -0.39 is 0 Å². The lowest BCUT2D eigenvalue weighted by Crippen LogP contribution is -2.40. The van der Waals surface area contributed by atoms with Crippen molar-refractivity contribution >= 4 is 29.1 Å². The highest BCUT2D eigenvalue weighted by atomic mass is 16.5. The monoisotopic (exact) mass is 395 g/mol. The fourth-order valence-corrected chi connectivity index (χ4v) is 3.07. The highest BCUT2D eigenvalue weighted by Crippen LogP contribution is 2.23. The van der Waals surface area contributed by atoms with Gasteiger partial charge < -0.3 is 20.7 Å². The normalized spacial score (nSPS) is 14.1. The SMILES string of the molecule is CC(=O)Nc1ccc(CNc2nc(NC3COC3)nc3c(C(C)C)cnn23)cc1. The van der Waals surface area contributed by atoms with Gasteiger partial charge in [0.05, 0.1) is 25.5 Å². The average Bonchev–Trinajstić information content (AvgIpc) is 3.08. The van der Waals surface area contributed by atoms with Gasteiger partial charge in [0.2, 0.25) is 17.8 Å². The third kappa shape index (κ3) is 4.29. The van der Waals surface area contributed by atoms with Crippen LogP contribution in [0.3, 0.4) is 0 Å². The van der Waals surface area contributed by atoms with Gasteiger partial charge in [-0.25, -0.2) is 0 Å². The second kappa shape index (κ2) is 8.04. The quantitative estimate of drug-likeness (QED) is 0.565.